The number of halogens is 1. The molecule has 6 nitrogen and oxygen atoms in total. The van der Waals surface area contributed by atoms with E-state index < -0.39 is 4.92 Å². The largest absolute Gasteiger partial charge is 0.273 e. The van der Waals surface area contributed by atoms with E-state index in [0.29, 0.717) is 10.6 Å². The first-order valence-corrected chi connectivity index (χ1v) is 5.72. The van der Waals surface area contributed by atoms with Crippen molar-refractivity contribution >= 4 is 29.4 Å². The van der Waals surface area contributed by atoms with Crippen LogP contribution in [0.1, 0.15) is 18.4 Å². The Kier molecular flexibility index (Phi) is 3.57. The van der Waals surface area contributed by atoms with Crippen LogP contribution in [0.15, 0.2) is 23.3 Å². The summed E-state index contributed by atoms with van der Waals surface area (Å²) in [5, 5.41) is 14.7. The Morgan fingerprint density at radius 2 is 2.28 bits per heavy atom. The predicted octanol–water partition coefficient (Wildman–Crippen LogP) is 2.11. The van der Waals surface area contributed by atoms with E-state index in [4.69, 9.17) is 11.6 Å². The summed E-state index contributed by atoms with van der Waals surface area (Å²) in [6.45, 7) is 0. The van der Waals surface area contributed by atoms with Gasteiger partial charge in [-0.2, -0.15) is 5.10 Å². The Hall–Kier alpha value is -1.95. The fourth-order valence-corrected chi connectivity index (χ4v) is 1.51. The second-order valence-electron chi connectivity index (χ2n) is 3.97. The zero-order valence-corrected chi connectivity index (χ0v) is 10.1. The Labute approximate surface area is 108 Å². The highest BCUT2D eigenvalue weighted by Gasteiger charge is 2.29. The third-order valence-corrected chi connectivity index (χ3v) is 2.86. The maximum Gasteiger partial charge on any atom is 0.270 e. The summed E-state index contributed by atoms with van der Waals surface area (Å²) in [7, 11) is 0. The van der Waals surface area contributed by atoms with Crippen molar-refractivity contribution in [2.45, 2.75) is 12.8 Å². The second-order valence-corrected chi connectivity index (χ2v) is 4.38. The molecule has 0 atom stereocenters. The van der Waals surface area contributed by atoms with Gasteiger partial charge in [-0.3, -0.25) is 14.9 Å². The summed E-state index contributed by atoms with van der Waals surface area (Å²) >= 11 is 5.86. The van der Waals surface area contributed by atoms with Crippen molar-refractivity contribution in [2.75, 3.05) is 0 Å². The molecule has 1 aliphatic carbocycles. The number of rotatable bonds is 4. The molecule has 1 aliphatic rings. The number of hydrogen-bond acceptors (Lipinski definition) is 4. The minimum absolute atomic E-state index is 0.0581. The summed E-state index contributed by atoms with van der Waals surface area (Å²) < 4.78 is 0. The number of carbonyl (C=O) groups excluding carboxylic acids is 1. The van der Waals surface area contributed by atoms with E-state index in [0.717, 1.165) is 12.8 Å². The average Bonchev–Trinajstić information content (AvgIpc) is 3.15. The molecule has 0 saturated heterocycles. The van der Waals surface area contributed by atoms with Gasteiger partial charge < -0.3 is 0 Å². The molecule has 0 aromatic heterocycles. The Bertz CT molecular complexity index is 526. The van der Waals surface area contributed by atoms with Gasteiger partial charge in [0.25, 0.3) is 5.69 Å². The lowest BCUT2D eigenvalue weighted by atomic mass is 10.2. The normalized spacial score (nSPS) is 14.7. The molecule has 0 aliphatic heterocycles. The van der Waals surface area contributed by atoms with Crippen LogP contribution in [0.2, 0.25) is 5.02 Å². The number of non-ortho nitro benzene ring substituents is 1. The number of hydrazone groups is 1. The summed E-state index contributed by atoms with van der Waals surface area (Å²) in [5.41, 5.74) is 2.69. The molecule has 0 unspecified atom stereocenters. The summed E-state index contributed by atoms with van der Waals surface area (Å²) in [6.07, 6.45) is 3.08. The van der Waals surface area contributed by atoms with Crippen LogP contribution < -0.4 is 5.43 Å². The van der Waals surface area contributed by atoms with Gasteiger partial charge in [0.2, 0.25) is 5.91 Å². The van der Waals surface area contributed by atoms with E-state index in [1.165, 1.54) is 24.4 Å². The van der Waals surface area contributed by atoms with Crippen molar-refractivity contribution in [3.05, 3.63) is 38.9 Å². The molecule has 0 bridgehead atoms. The van der Waals surface area contributed by atoms with Crippen LogP contribution in [0.25, 0.3) is 0 Å². The van der Waals surface area contributed by atoms with Gasteiger partial charge in [0.1, 0.15) is 0 Å². The molecule has 7 heteroatoms. The predicted molar refractivity (Wildman–Crippen MR) is 66.6 cm³/mol. The van der Waals surface area contributed by atoms with Crippen LogP contribution in [0.5, 0.6) is 0 Å². The smallest absolute Gasteiger partial charge is 0.270 e. The third kappa shape index (κ3) is 3.04. The van der Waals surface area contributed by atoms with Crippen molar-refractivity contribution in [1.29, 1.82) is 0 Å². The molecule has 0 heterocycles. The molecule has 2 rings (SSSR count). The molecular formula is C11H10ClN3O3. The van der Waals surface area contributed by atoms with Gasteiger partial charge in [-0.15, -0.1) is 0 Å². The second kappa shape index (κ2) is 5.14. The molecule has 94 valence electrons. The van der Waals surface area contributed by atoms with Gasteiger partial charge >= 0.3 is 0 Å². The summed E-state index contributed by atoms with van der Waals surface area (Å²) in [6, 6.07) is 4.03. The molecule has 1 aromatic rings. The molecule has 0 spiro atoms. The average molecular weight is 268 g/mol. The van der Waals surface area contributed by atoms with Crippen molar-refractivity contribution in [3.8, 4) is 0 Å². The summed E-state index contributed by atoms with van der Waals surface area (Å²) in [4.78, 5) is 21.4. The monoisotopic (exact) mass is 267 g/mol. The minimum atomic E-state index is -0.517. The number of nitrogens with zero attached hydrogens (tertiary/aromatic N) is 2. The first kappa shape index (κ1) is 12.5. The van der Waals surface area contributed by atoms with Crippen LogP contribution in [0.4, 0.5) is 5.69 Å². The summed E-state index contributed by atoms with van der Waals surface area (Å²) in [5.74, 6) is -0.0736. The molecule has 18 heavy (non-hydrogen) atoms. The van der Waals surface area contributed by atoms with Crippen molar-refractivity contribution in [1.82, 2.24) is 5.43 Å². The van der Waals surface area contributed by atoms with Crippen LogP contribution in [0.3, 0.4) is 0 Å². The maximum atomic E-state index is 11.3. The number of nitro benzene ring substituents is 1. The van der Waals surface area contributed by atoms with Gasteiger partial charge in [0.05, 0.1) is 11.1 Å². The van der Waals surface area contributed by atoms with E-state index in [9.17, 15) is 14.9 Å². The molecular weight excluding hydrogens is 258 g/mol. The number of nitro groups is 1. The third-order valence-electron chi connectivity index (χ3n) is 2.52. The first-order chi connectivity index (χ1) is 8.58. The molecule has 1 saturated carbocycles. The highest BCUT2D eigenvalue weighted by atomic mass is 35.5. The van der Waals surface area contributed by atoms with Crippen molar-refractivity contribution in [2.24, 2.45) is 11.0 Å². The number of benzene rings is 1. The molecule has 1 aromatic carbocycles. The van der Waals surface area contributed by atoms with E-state index >= 15 is 0 Å². The highest BCUT2D eigenvalue weighted by molar-refractivity contribution is 6.33. The van der Waals surface area contributed by atoms with Gasteiger partial charge in [-0.05, 0) is 18.9 Å². The number of hydrogen-bond donors (Lipinski definition) is 1. The van der Waals surface area contributed by atoms with Gasteiger partial charge in [0, 0.05) is 28.6 Å². The highest BCUT2D eigenvalue weighted by Crippen LogP contribution is 2.28. The van der Waals surface area contributed by atoms with E-state index in [2.05, 4.69) is 10.5 Å². The van der Waals surface area contributed by atoms with Crippen LogP contribution >= 0.6 is 11.6 Å². The van der Waals surface area contributed by atoms with Gasteiger partial charge in [-0.1, -0.05) is 11.6 Å². The van der Waals surface area contributed by atoms with Crippen LogP contribution in [-0.2, 0) is 4.79 Å². The van der Waals surface area contributed by atoms with Gasteiger partial charge in [-0.25, -0.2) is 5.43 Å². The molecule has 1 amide bonds. The zero-order chi connectivity index (χ0) is 13.1. The molecule has 1 fully saturated rings. The van der Waals surface area contributed by atoms with E-state index in [1.807, 2.05) is 0 Å². The van der Waals surface area contributed by atoms with Gasteiger partial charge in [0.15, 0.2) is 0 Å². The lowest BCUT2D eigenvalue weighted by Gasteiger charge is -1.99. The fourth-order valence-electron chi connectivity index (χ4n) is 1.35. The lowest BCUT2D eigenvalue weighted by Crippen LogP contribution is -2.18. The van der Waals surface area contributed by atoms with Crippen LogP contribution in [0, 0.1) is 16.0 Å². The first-order valence-electron chi connectivity index (χ1n) is 5.35. The number of nitrogens with one attached hydrogen (secondary N) is 1. The Balaban J connectivity index is 2.07. The van der Waals surface area contributed by atoms with Crippen LogP contribution in [-0.4, -0.2) is 17.0 Å². The minimum Gasteiger partial charge on any atom is -0.273 e. The SMILES string of the molecule is O=C(N/N=C/c1cc([N+](=O)[O-])ccc1Cl)C1CC1. The number of carbonyl (C=O) groups is 1. The van der Waals surface area contributed by atoms with E-state index in [1.54, 1.807) is 0 Å². The lowest BCUT2D eigenvalue weighted by molar-refractivity contribution is -0.384. The standard InChI is InChI=1S/C11H10ClN3O3/c12-10-4-3-9(15(17)18)5-8(10)6-13-14-11(16)7-1-2-7/h3-7H,1-2H2,(H,14,16)/b13-6+. The topological polar surface area (TPSA) is 84.6 Å². The Morgan fingerprint density at radius 1 is 1.56 bits per heavy atom. The Morgan fingerprint density at radius 3 is 2.89 bits per heavy atom. The quantitative estimate of drug-likeness (QED) is 0.515. The van der Waals surface area contributed by atoms with E-state index in [-0.39, 0.29) is 17.5 Å². The zero-order valence-electron chi connectivity index (χ0n) is 9.30. The van der Waals surface area contributed by atoms with Crippen molar-refractivity contribution < 1.29 is 9.72 Å². The van der Waals surface area contributed by atoms with Crippen molar-refractivity contribution in [3.63, 3.8) is 0 Å². The maximum absolute atomic E-state index is 11.3. The molecule has 0 radical (unpaired) electrons. The molecule has 1 N–H and O–H groups in total. The number of amides is 1. The fraction of sp³-hybridized carbons (Fsp3) is 0.273.